The fourth-order valence-corrected chi connectivity index (χ4v) is 6.79. The number of para-hydroxylation sites is 1. The smallest absolute Gasteiger partial charge is 0.266 e. The molecule has 6 nitrogen and oxygen atoms in total. The molecule has 0 spiro atoms. The van der Waals surface area contributed by atoms with Gasteiger partial charge in [0.05, 0.1) is 12.3 Å². The van der Waals surface area contributed by atoms with E-state index in [0.717, 1.165) is 44.5 Å². The Kier molecular flexibility index (Phi) is 6.38. The molecular weight excluding hydrogens is 438 g/mol. The van der Waals surface area contributed by atoms with E-state index in [4.69, 9.17) is 9.47 Å². The van der Waals surface area contributed by atoms with Gasteiger partial charge in [0.2, 0.25) is 5.44 Å². The first kappa shape index (κ1) is 22.7. The summed E-state index contributed by atoms with van der Waals surface area (Å²) in [6.45, 7) is 3.85. The number of hydrogen-bond donors (Lipinski definition) is 1. The third-order valence-electron chi connectivity index (χ3n) is 7.18. The van der Waals surface area contributed by atoms with E-state index < -0.39 is 15.5 Å². The lowest BCUT2D eigenvalue weighted by Gasteiger charge is -2.37. The summed E-state index contributed by atoms with van der Waals surface area (Å²) in [6, 6.07) is 12.9. The summed E-state index contributed by atoms with van der Waals surface area (Å²) in [7, 11) is -4.07. The molecule has 2 aliphatic heterocycles. The van der Waals surface area contributed by atoms with E-state index in [1.165, 1.54) is 22.7 Å². The van der Waals surface area contributed by atoms with Crippen LogP contribution in [0.15, 0.2) is 42.5 Å². The van der Waals surface area contributed by atoms with Gasteiger partial charge in [0.25, 0.3) is 10.0 Å². The van der Waals surface area contributed by atoms with Crippen molar-refractivity contribution in [1.29, 1.82) is 0 Å². The zero-order valence-electron chi connectivity index (χ0n) is 19.2. The van der Waals surface area contributed by atoms with Crippen LogP contribution in [0, 0.1) is 5.92 Å². The van der Waals surface area contributed by atoms with E-state index in [2.05, 4.69) is 6.07 Å². The van der Waals surface area contributed by atoms with Crippen molar-refractivity contribution in [2.45, 2.75) is 62.8 Å². The fourth-order valence-electron chi connectivity index (χ4n) is 5.00. The molecule has 2 atom stereocenters. The summed E-state index contributed by atoms with van der Waals surface area (Å²) in [5, 5.41) is 11.2. The van der Waals surface area contributed by atoms with Crippen LogP contribution >= 0.6 is 0 Å². The molecule has 2 fully saturated rings. The van der Waals surface area contributed by atoms with Crippen LogP contribution in [0.2, 0.25) is 0 Å². The number of benzene rings is 2. The van der Waals surface area contributed by atoms with Gasteiger partial charge >= 0.3 is 0 Å². The van der Waals surface area contributed by atoms with Crippen molar-refractivity contribution in [2.24, 2.45) is 5.92 Å². The summed E-state index contributed by atoms with van der Waals surface area (Å²) >= 11 is 0. The third kappa shape index (κ3) is 4.63. The van der Waals surface area contributed by atoms with Crippen molar-refractivity contribution in [3.05, 3.63) is 59.2 Å². The van der Waals surface area contributed by atoms with Crippen LogP contribution < -0.4 is 9.04 Å². The molecule has 0 aromatic heterocycles. The predicted molar refractivity (Wildman–Crippen MR) is 128 cm³/mol. The number of rotatable bonds is 7. The van der Waals surface area contributed by atoms with Gasteiger partial charge in [0, 0.05) is 24.8 Å². The van der Waals surface area contributed by atoms with Crippen LogP contribution in [0.25, 0.3) is 0 Å². The lowest BCUT2D eigenvalue weighted by molar-refractivity contribution is 0.0493. The van der Waals surface area contributed by atoms with Crippen LogP contribution in [0.5, 0.6) is 5.75 Å². The van der Waals surface area contributed by atoms with Crippen LogP contribution in [0.4, 0.5) is 5.69 Å². The maximum atomic E-state index is 13.8. The van der Waals surface area contributed by atoms with Gasteiger partial charge in [-0.05, 0) is 80.5 Å². The first-order valence-corrected chi connectivity index (χ1v) is 13.6. The zero-order valence-corrected chi connectivity index (χ0v) is 20.0. The molecule has 5 rings (SSSR count). The maximum Gasteiger partial charge on any atom is 0.266 e. The van der Waals surface area contributed by atoms with E-state index in [-0.39, 0.29) is 6.04 Å². The highest BCUT2D eigenvalue weighted by molar-refractivity contribution is 7.92. The molecule has 178 valence electrons. The summed E-state index contributed by atoms with van der Waals surface area (Å²) in [5.74, 6) is 1.41. The highest BCUT2D eigenvalue weighted by Gasteiger charge is 2.39. The van der Waals surface area contributed by atoms with E-state index in [1.807, 2.05) is 19.1 Å². The SMILES string of the molecule is CC1CCc2cc(C3CC3)ccc2N1S(=O)(=O)C(O)c1ccccc1OCC1CCOCC1. The molecule has 0 bridgehead atoms. The number of hydrogen-bond acceptors (Lipinski definition) is 5. The monoisotopic (exact) mass is 471 g/mol. The van der Waals surface area contributed by atoms with Crippen molar-refractivity contribution in [1.82, 2.24) is 0 Å². The highest BCUT2D eigenvalue weighted by atomic mass is 32.2. The molecule has 1 N–H and O–H groups in total. The molecule has 33 heavy (non-hydrogen) atoms. The van der Waals surface area contributed by atoms with E-state index >= 15 is 0 Å². The number of aliphatic hydroxyl groups excluding tert-OH is 1. The lowest BCUT2D eigenvalue weighted by Crippen LogP contribution is -2.44. The van der Waals surface area contributed by atoms with Crippen molar-refractivity contribution < 1.29 is 23.0 Å². The van der Waals surface area contributed by atoms with Gasteiger partial charge in [-0.15, -0.1) is 0 Å². The Morgan fingerprint density at radius 2 is 1.85 bits per heavy atom. The van der Waals surface area contributed by atoms with Gasteiger partial charge in [-0.2, -0.15) is 0 Å². The number of aliphatic hydroxyl groups is 1. The van der Waals surface area contributed by atoms with Gasteiger partial charge in [-0.1, -0.05) is 30.3 Å². The Morgan fingerprint density at radius 3 is 2.61 bits per heavy atom. The minimum Gasteiger partial charge on any atom is -0.493 e. The van der Waals surface area contributed by atoms with Crippen LogP contribution in [0.1, 0.15) is 67.1 Å². The van der Waals surface area contributed by atoms with E-state index in [9.17, 15) is 13.5 Å². The minimum atomic E-state index is -4.07. The molecule has 1 aliphatic carbocycles. The average Bonchev–Trinajstić information content (AvgIpc) is 3.68. The van der Waals surface area contributed by atoms with Crippen molar-refractivity contribution in [2.75, 3.05) is 24.1 Å². The predicted octanol–water partition coefficient (Wildman–Crippen LogP) is 4.53. The molecule has 2 heterocycles. The molecule has 0 amide bonds. The van der Waals surface area contributed by atoms with Gasteiger partial charge in [0.1, 0.15) is 5.75 Å². The number of ether oxygens (including phenoxy) is 2. The first-order valence-electron chi connectivity index (χ1n) is 12.1. The number of aryl methyl sites for hydroxylation is 1. The molecule has 1 saturated heterocycles. The molecule has 2 unspecified atom stereocenters. The number of sulfonamides is 1. The topological polar surface area (TPSA) is 76.1 Å². The molecule has 2 aromatic carbocycles. The van der Waals surface area contributed by atoms with Gasteiger partial charge < -0.3 is 14.6 Å². The van der Waals surface area contributed by atoms with Crippen molar-refractivity contribution in [3.8, 4) is 5.75 Å². The quantitative estimate of drug-likeness (QED) is 0.642. The standard InChI is InChI=1S/C26H33NO5S/c1-18-6-7-22-16-21(20-8-9-20)10-11-24(22)27(18)33(29,30)26(28)23-4-2-3-5-25(23)32-17-19-12-14-31-15-13-19/h2-5,10-11,16,18-20,26,28H,6-9,12-15,17H2,1H3. The van der Waals surface area contributed by atoms with Gasteiger partial charge in [0.15, 0.2) is 0 Å². The van der Waals surface area contributed by atoms with Gasteiger partial charge in [-0.3, -0.25) is 4.31 Å². The van der Waals surface area contributed by atoms with Crippen LogP contribution in [-0.4, -0.2) is 39.4 Å². The summed E-state index contributed by atoms with van der Waals surface area (Å²) < 4.78 is 40.4. The lowest BCUT2D eigenvalue weighted by atomic mass is 9.96. The Balaban J connectivity index is 1.41. The third-order valence-corrected chi connectivity index (χ3v) is 9.10. The van der Waals surface area contributed by atoms with Crippen LogP contribution in [0.3, 0.4) is 0 Å². The molecule has 2 aromatic rings. The van der Waals surface area contributed by atoms with Crippen molar-refractivity contribution >= 4 is 15.7 Å². The summed E-state index contributed by atoms with van der Waals surface area (Å²) in [4.78, 5) is 0. The molecule has 0 radical (unpaired) electrons. The second kappa shape index (κ2) is 9.28. The number of anilines is 1. The molecule has 3 aliphatic rings. The Labute approximate surface area is 196 Å². The second-order valence-electron chi connectivity index (χ2n) is 9.65. The van der Waals surface area contributed by atoms with E-state index in [0.29, 0.717) is 35.4 Å². The summed E-state index contributed by atoms with van der Waals surface area (Å²) in [5.41, 5.74) is 1.64. The van der Waals surface area contributed by atoms with Crippen LogP contribution in [-0.2, 0) is 21.2 Å². The fraction of sp³-hybridized carbons (Fsp3) is 0.538. The minimum absolute atomic E-state index is 0.223. The first-order chi connectivity index (χ1) is 15.9. The molecular formula is C26H33NO5S. The number of fused-ring (bicyclic) bond motifs is 1. The number of nitrogens with zero attached hydrogens (tertiary/aromatic N) is 1. The van der Waals surface area contributed by atoms with Gasteiger partial charge in [-0.25, -0.2) is 8.42 Å². The largest absolute Gasteiger partial charge is 0.493 e. The molecule has 1 saturated carbocycles. The maximum absolute atomic E-state index is 13.8. The van der Waals surface area contributed by atoms with E-state index in [1.54, 1.807) is 24.3 Å². The Morgan fingerprint density at radius 1 is 1.09 bits per heavy atom. The Bertz CT molecular complexity index is 1090. The summed E-state index contributed by atoms with van der Waals surface area (Å²) in [6.07, 6.45) is 5.85. The average molecular weight is 472 g/mol. The van der Waals surface area contributed by atoms with Crippen molar-refractivity contribution in [3.63, 3.8) is 0 Å². The normalized spacial score (nSPS) is 22.6. The zero-order chi connectivity index (χ0) is 23.0. The highest BCUT2D eigenvalue weighted by Crippen LogP contribution is 2.44. The second-order valence-corrected chi connectivity index (χ2v) is 11.5. The molecule has 7 heteroatoms. The Hall–Kier alpha value is -2.09.